The molecule has 1 amide bonds. The summed E-state index contributed by atoms with van der Waals surface area (Å²) in [7, 11) is 0. The minimum absolute atomic E-state index is 0.184. The highest BCUT2D eigenvalue weighted by Crippen LogP contribution is 2.67. The fraction of sp³-hybridized carbons (Fsp3) is 0.600. The molecule has 12 heteroatoms. The van der Waals surface area contributed by atoms with Gasteiger partial charge in [-0.3, -0.25) is 19.4 Å². The number of carboxylic acid groups (broad SMARTS) is 1. The molecule has 0 radical (unpaired) electrons. The van der Waals surface area contributed by atoms with Crippen LogP contribution in [0.4, 0.5) is 13.2 Å². The highest BCUT2D eigenvalue weighted by molar-refractivity contribution is 6.35. The first-order valence-electron chi connectivity index (χ1n) is 14.5. The molecule has 3 aliphatic carbocycles. The number of rotatable bonds is 7. The van der Waals surface area contributed by atoms with E-state index in [-0.39, 0.29) is 43.7 Å². The summed E-state index contributed by atoms with van der Waals surface area (Å²) in [6.45, 7) is 6.22. The van der Waals surface area contributed by atoms with Crippen molar-refractivity contribution in [3.05, 3.63) is 46.4 Å². The maximum atomic E-state index is 14.6. The van der Waals surface area contributed by atoms with Gasteiger partial charge in [0.1, 0.15) is 0 Å². The van der Waals surface area contributed by atoms with E-state index in [4.69, 9.17) is 11.6 Å². The molecule has 3 atom stereocenters. The van der Waals surface area contributed by atoms with Crippen LogP contribution in [0.15, 0.2) is 24.4 Å². The molecular weight excluding hydrogens is 571 g/mol. The molecule has 0 saturated heterocycles. The SMILES string of the molecule is CC1(C)[C@@H]2C[C@@H](N(CCc3n[nH]c4cccc(Cl)c34)C(=O)c3cnn([C@H]4CC[C@](C)(C(=O)O)CC4)c3C(F)(F)F)C[C@@H]21. The van der Waals surface area contributed by atoms with Crippen LogP contribution in [0.5, 0.6) is 0 Å². The molecule has 8 nitrogen and oxygen atoms in total. The Morgan fingerprint density at radius 2 is 1.83 bits per heavy atom. The molecule has 3 fully saturated rings. The molecule has 2 heterocycles. The molecule has 3 aromatic rings. The number of nitrogens with zero attached hydrogens (tertiary/aromatic N) is 4. The molecule has 0 spiro atoms. The van der Waals surface area contributed by atoms with E-state index in [9.17, 15) is 27.9 Å². The van der Waals surface area contributed by atoms with E-state index < -0.39 is 40.8 Å². The number of fused-ring (bicyclic) bond motifs is 2. The molecule has 42 heavy (non-hydrogen) atoms. The van der Waals surface area contributed by atoms with Gasteiger partial charge >= 0.3 is 12.1 Å². The van der Waals surface area contributed by atoms with Gasteiger partial charge in [-0.25, -0.2) is 0 Å². The number of halogens is 4. The number of nitrogens with one attached hydrogen (secondary N) is 1. The second-order valence-corrected chi connectivity index (χ2v) is 13.6. The summed E-state index contributed by atoms with van der Waals surface area (Å²) in [5.41, 5.74) is -0.894. The number of aromatic nitrogens is 4. The Labute approximate surface area is 246 Å². The van der Waals surface area contributed by atoms with E-state index in [1.165, 1.54) is 0 Å². The number of hydrogen-bond acceptors (Lipinski definition) is 4. The van der Waals surface area contributed by atoms with E-state index in [1.54, 1.807) is 24.0 Å². The summed E-state index contributed by atoms with van der Waals surface area (Å²) in [5.74, 6) is -0.759. The van der Waals surface area contributed by atoms with Gasteiger partial charge in [-0.2, -0.15) is 23.4 Å². The van der Waals surface area contributed by atoms with E-state index in [0.29, 0.717) is 29.0 Å². The third-order valence-electron chi connectivity index (χ3n) is 10.5. The third-order valence-corrected chi connectivity index (χ3v) is 10.8. The minimum Gasteiger partial charge on any atom is -0.481 e. The first-order chi connectivity index (χ1) is 19.7. The van der Waals surface area contributed by atoms with Crippen LogP contribution in [0, 0.1) is 22.7 Å². The largest absolute Gasteiger partial charge is 0.481 e. The van der Waals surface area contributed by atoms with Crippen molar-refractivity contribution in [2.24, 2.45) is 22.7 Å². The predicted octanol–water partition coefficient (Wildman–Crippen LogP) is 6.76. The van der Waals surface area contributed by atoms with E-state index >= 15 is 0 Å². The van der Waals surface area contributed by atoms with Crippen LogP contribution in [-0.2, 0) is 17.4 Å². The number of carbonyl (C=O) groups excluding carboxylic acids is 1. The van der Waals surface area contributed by atoms with Crippen molar-refractivity contribution in [1.82, 2.24) is 24.9 Å². The number of benzene rings is 1. The van der Waals surface area contributed by atoms with Crippen molar-refractivity contribution >= 4 is 34.4 Å². The van der Waals surface area contributed by atoms with E-state index in [2.05, 4.69) is 29.1 Å². The molecule has 1 aromatic carbocycles. The van der Waals surface area contributed by atoms with Crippen LogP contribution < -0.4 is 0 Å². The normalized spacial score (nSPS) is 28.5. The number of alkyl halides is 3. The molecule has 0 unspecified atom stereocenters. The summed E-state index contributed by atoms with van der Waals surface area (Å²) >= 11 is 6.43. The van der Waals surface area contributed by atoms with Crippen LogP contribution in [0.2, 0.25) is 5.02 Å². The summed E-state index contributed by atoms with van der Waals surface area (Å²) in [5, 5.41) is 22.3. The number of carbonyl (C=O) groups is 2. The van der Waals surface area contributed by atoms with Gasteiger partial charge in [-0.05, 0) is 74.8 Å². The molecule has 2 aromatic heterocycles. The van der Waals surface area contributed by atoms with Crippen LogP contribution in [-0.4, -0.2) is 54.4 Å². The number of H-pyrrole nitrogens is 1. The lowest BCUT2D eigenvalue weighted by Crippen LogP contribution is -2.42. The Hall–Kier alpha value is -3.08. The number of aliphatic carboxylic acids is 1. The highest BCUT2D eigenvalue weighted by atomic mass is 35.5. The second kappa shape index (κ2) is 9.99. The van der Waals surface area contributed by atoms with E-state index in [0.717, 1.165) is 34.6 Å². The van der Waals surface area contributed by atoms with Gasteiger partial charge in [0.2, 0.25) is 0 Å². The van der Waals surface area contributed by atoms with Crippen molar-refractivity contribution in [2.45, 2.75) is 84.0 Å². The number of carboxylic acids is 1. The van der Waals surface area contributed by atoms with Crippen LogP contribution in [0.25, 0.3) is 10.9 Å². The zero-order valence-corrected chi connectivity index (χ0v) is 24.6. The zero-order valence-electron chi connectivity index (χ0n) is 23.8. The van der Waals surface area contributed by atoms with Gasteiger partial charge in [-0.15, -0.1) is 0 Å². The third kappa shape index (κ3) is 4.77. The molecule has 0 bridgehead atoms. The number of aromatic amines is 1. The zero-order chi connectivity index (χ0) is 30.2. The summed E-state index contributed by atoms with van der Waals surface area (Å²) in [4.78, 5) is 27.4. The standard InChI is InChI=1S/C30H35ClF3N5O3/c1-28(2)19-13-17(14-20(19)28)38(12-9-23-24-21(31)5-4-6-22(24)36-37-23)26(40)18-15-35-39(25(18)30(32,33)34)16-7-10-29(3,11-8-16)27(41)42/h4-6,15-17,19-20H,7-14H2,1-3H3,(H,36,37)(H,41,42)/t16-,17-,19-,20+,29-. The van der Waals surface area contributed by atoms with Crippen molar-refractivity contribution in [3.8, 4) is 0 Å². The Kier molecular flexibility index (Phi) is 6.90. The molecule has 3 saturated carbocycles. The van der Waals surface area contributed by atoms with Gasteiger partial charge in [0, 0.05) is 24.4 Å². The molecule has 2 N–H and O–H groups in total. The Balaban J connectivity index is 1.30. The summed E-state index contributed by atoms with van der Waals surface area (Å²) in [6, 6.07) is 4.59. The lowest BCUT2D eigenvalue weighted by atomic mass is 9.74. The van der Waals surface area contributed by atoms with Crippen molar-refractivity contribution < 1.29 is 27.9 Å². The quantitative estimate of drug-likeness (QED) is 0.310. The first-order valence-corrected chi connectivity index (χ1v) is 14.9. The van der Waals surface area contributed by atoms with Crippen LogP contribution in [0.1, 0.15) is 87.1 Å². The second-order valence-electron chi connectivity index (χ2n) is 13.2. The fourth-order valence-electron chi connectivity index (χ4n) is 7.61. The fourth-order valence-corrected chi connectivity index (χ4v) is 7.90. The first kappa shape index (κ1) is 29.0. The summed E-state index contributed by atoms with van der Waals surface area (Å²) < 4.78 is 44.8. The van der Waals surface area contributed by atoms with Gasteiger partial charge in [-0.1, -0.05) is 31.5 Å². The lowest BCUT2D eigenvalue weighted by Gasteiger charge is -2.35. The smallest absolute Gasteiger partial charge is 0.433 e. The molecule has 0 aliphatic heterocycles. The van der Waals surface area contributed by atoms with Crippen LogP contribution in [0.3, 0.4) is 0 Å². The monoisotopic (exact) mass is 605 g/mol. The summed E-state index contributed by atoms with van der Waals surface area (Å²) in [6.07, 6.45) is -1.000. The Morgan fingerprint density at radius 3 is 2.45 bits per heavy atom. The predicted molar refractivity (Wildman–Crippen MR) is 150 cm³/mol. The average molecular weight is 606 g/mol. The average Bonchev–Trinajstić information content (AvgIpc) is 3.48. The van der Waals surface area contributed by atoms with Gasteiger partial charge in [0.25, 0.3) is 5.91 Å². The van der Waals surface area contributed by atoms with Crippen molar-refractivity contribution in [2.75, 3.05) is 6.54 Å². The highest BCUT2D eigenvalue weighted by Gasteiger charge is 2.63. The van der Waals surface area contributed by atoms with Gasteiger partial charge < -0.3 is 10.0 Å². The molecule has 226 valence electrons. The topological polar surface area (TPSA) is 104 Å². The van der Waals surface area contributed by atoms with Crippen molar-refractivity contribution in [1.29, 1.82) is 0 Å². The number of amides is 1. The van der Waals surface area contributed by atoms with E-state index in [1.807, 2.05) is 6.07 Å². The molecule has 6 rings (SSSR count). The van der Waals surface area contributed by atoms with Gasteiger partial charge in [0.15, 0.2) is 5.69 Å². The number of hydrogen-bond donors (Lipinski definition) is 2. The molecular formula is C30H35ClF3N5O3. The maximum Gasteiger partial charge on any atom is 0.433 e. The Morgan fingerprint density at radius 1 is 1.17 bits per heavy atom. The Bertz CT molecular complexity index is 1520. The minimum atomic E-state index is -4.81. The van der Waals surface area contributed by atoms with Gasteiger partial charge in [0.05, 0.1) is 39.5 Å². The molecule has 3 aliphatic rings. The van der Waals surface area contributed by atoms with Crippen molar-refractivity contribution in [3.63, 3.8) is 0 Å². The lowest BCUT2D eigenvalue weighted by molar-refractivity contribution is -0.152. The maximum absolute atomic E-state index is 14.6. The van der Waals surface area contributed by atoms with Crippen LogP contribution >= 0.6 is 11.6 Å².